The molecular weight excluding hydrogens is 832 g/mol. The van der Waals surface area contributed by atoms with Crippen molar-refractivity contribution in [3.8, 4) is 0 Å². The molecule has 61 heavy (non-hydrogen) atoms. The quantitative estimate of drug-likeness (QED) is 0.125. The van der Waals surface area contributed by atoms with Crippen molar-refractivity contribution < 1.29 is 33.1 Å². The summed E-state index contributed by atoms with van der Waals surface area (Å²) < 4.78 is 18.6. The molecule has 2 aliphatic rings. The molecule has 2 N–H and O–H groups in total. The third-order valence-electron chi connectivity index (χ3n) is 11.2. The molecular formula is C47H64Cl2N4O7Si. The molecule has 2 aliphatic heterocycles. The highest BCUT2D eigenvalue weighted by molar-refractivity contribution is 6.99. The standard InChI is InChI=1S/C47H64Cl2N4O7Si/c1-45(2,3)59-41(54)23-22-39(42(55)50-30-32-20-21-37(48)38(49)28-32)52-26-24-34(53-31-33(29-40(53)43(52)56)51-44(57)60-46(4,5)6)25-27-58-61(47(7,8)9,35-16-12-10-13-17-35)36-18-14-11-15-19-36/h10-21,28,33-34,39-40H,22-27,29-31H2,1-9H3,(H,50,55)(H,51,57)/t33-,34?,39-,40+/m1/s1. The zero-order valence-corrected chi connectivity index (χ0v) is 39.7. The molecule has 0 spiro atoms. The predicted octanol–water partition coefficient (Wildman–Crippen LogP) is 7.64. The molecule has 5 rings (SSSR count). The van der Waals surface area contributed by atoms with Gasteiger partial charge in [-0.15, -0.1) is 0 Å². The highest BCUT2D eigenvalue weighted by atomic mass is 35.5. The Kier molecular flexibility index (Phi) is 15.8. The van der Waals surface area contributed by atoms with Gasteiger partial charge in [-0.1, -0.05) is 111 Å². The van der Waals surface area contributed by atoms with Crippen LogP contribution in [-0.4, -0.2) is 97.1 Å². The fraction of sp³-hybridized carbons (Fsp3) is 0.532. The Morgan fingerprint density at radius 1 is 0.836 bits per heavy atom. The van der Waals surface area contributed by atoms with Gasteiger partial charge in [0.1, 0.15) is 17.2 Å². The first-order valence-corrected chi connectivity index (χ1v) is 24.0. The van der Waals surface area contributed by atoms with Crippen LogP contribution in [0.4, 0.5) is 4.79 Å². The molecule has 2 fully saturated rings. The largest absolute Gasteiger partial charge is 0.460 e. The Balaban J connectivity index is 1.45. The average molecular weight is 896 g/mol. The Morgan fingerprint density at radius 3 is 2.00 bits per heavy atom. The molecule has 0 bridgehead atoms. The van der Waals surface area contributed by atoms with Crippen molar-refractivity contribution in [2.45, 2.75) is 141 Å². The number of hydrogen-bond acceptors (Lipinski definition) is 8. The number of carbonyl (C=O) groups excluding carboxylic acids is 4. The molecule has 14 heteroatoms. The van der Waals surface area contributed by atoms with Crippen molar-refractivity contribution in [3.63, 3.8) is 0 Å². The van der Waals surface area contributed by atoms with Crippen LogP contribution in [0.15, 0.2) is 78.9 Å². The van der Waals surface area contributed by atoms with E-state index in [9.17, 15) is 19.2 Å². The lowest BCUT2D eigenvalue weighted by molar-refractivity contribution is -0.156. The topological polar surface area (TPSA) is 127 Å². The highest BCUT2D eigenvalue weighted by Gasteiger charge is 2.51. The molecule has 11 nitrogen and oxygen atoms in total. The Morgan fingerprint density at radius 2 is 1.44 bits per heavy atom. The van der Waals surface area contributed by atoms with Crippen molar-refractivity contribution in [3.05, 3.63) is 94.5 Å². The van der Waals surface area contributed by atoms with Gasteiger partial charge in [0.15, 0.2) is 0 Å². The first-order chi connectivity index (χ1) is 28.6. The minimum atomic E-state index is -2.86. The molecule has 332 valence electrons. The number of hydrogen-bond donors (Lipinski definition) is 2. The van der Waals surface area contributed by atoms with Crippen molar-refractivity contribution in [1.82, 2.24) is 20.4 Å². The Labute approximate surface area is 373 Å². The van der Waals surface area contributed by atoms with E-state index >= 15 is 0 Å². The number of fused-ring (bicyclic) bond motifs is 1. The summed E-state index contributed by atoms with van der Waals surface area (Å²) in [6.45, 7) is 18.8. The highest BCUT2D eigenvalue weighted by Crippen LogP contribution is 2.38. The number of rotatable bonds is 14. The van der Waals surface area contributed by atoms with Crippen LogP contribution in [0.1, 0.15) is 100.0 Å². The SMILES string of the molecule is CC(C)(C)OC(=O)CC[C@H](C(=O)NCc1ccc(Cl)c(Cl)c1)N1CCC(CCO[Si](c2ccccc2)(c2ccccc2)C(C)(C)C)N2C[C@H](NC(=O)OC(C)(C)C)C[C@H]2C1=O. The van der Waals surface area contributed by atoms with Gasteiger partial charge >= 0.3 is 12.1 Å². The molecule has 0 saturated carbocycles. The molecule has 3 aromatic carbocycles. The number of esters is 1. The van der Waals surface area contributed by atoms with Gasteiger partial charge in [0.2, 0.25) is 11.8 Å². The van der Waals surface area contributed by atoms with Gasteiger partial charge in [-0.05, 0) is 100 Å². The predicted molar refractivity (Wildman–Crippen MR) is 244 cm³/mol. The van der Waals surface area contributed by atoms with Gasteiger partial charge < -0.3 is 29.4 Å². The molecule has 2 heterocycles. The first-order valence-electron chi connectivity index (χ1n) is 21.3. The number of nitrogens with zero attached hydrogens (tertiary/aromatic N) is 2. The fourth-order valence-electron chi connectivity index (χ4n) is 8.60. The maximum absolute atomic E-state index is 14.9. The Hall–Kier alpha value is -3.94. The summed E-state index contributed by atoms with van der Waals surface area (Å²) in [5.41, 5.74) is -0.687. The summed E-state index contributed by atoms with van der Waals surface area (Å²) in [6, 6.07) is 23.9. The normalized spacial score (nSPS) is 19.4. The molecule has 3 amide bonds. The molecule has 1 unspecified atom stereocenters. The minimum absolute atomic E-state index is 0.0573. The molecule has 4 atom stereocenters. The average Bonchev–Trinajstić information content (AvgIpc) is 3.54. The van der Waals surface area contributed by atoms with E-state index in [-0.39, 0.29) is 49.0 Å². The van der Waals surface area contributed by atoms with E-state index < -0.39 is 49.6 Å². The fourth-order valence-corrected chi connectivity index (χ4v) is 13.5. The van der Waals surface area contributed by atoms with Crippen LogP contribution < -0.4 is 21.0 Å². The number of nitrogens with one attached hydrogen (secondary N) is 2. The van der Waals surface area contributed by atoms with E-state index in [1.54, 1.807) is 43.9 Å². The van der Waals surface area contributed by atoms with E-state index in [1.807, 2.05) is 32.9 Å². The molecule has 2 saturated heterocycles. The third-order valence-corrected chi connectivity index (χ3v) is 16.9. The van der Waals surface area contributed by atoms with E-state index in [4.69, 9.17) is 37.1 Å². The van der Waals surface area contributed by atoms with Crippen molar-refractivity contribution in [2.24, 2.45) is 0 Å². The van der Waals surface area contributed by atoms with E-state index in [0.717, 1.165) is 5.56 Å². The third kappa shape index (κ3) is 12.6. The number of halogens is 2. The van der Waals surface area contributed by atoms with Gasteiger partial charge in [-0.2, -0.15) is 0 Å². The lowest BCUT2D eigenvalue weighted by Crippen LogP contribution is -2.66. The number of benzene rings is 3. The second kappa shape index (κ2) is 20.1. The number of carbonyl (C=O) groups is 4. The van der Waals surface area contributed by atoms with Gasteiger partial charge in [0.05, 0.1) is 16.1 Å². The zero-order valence-electron chi connectivity index (χ0n) is 37.2. The lowest BCUT2D eigenvalue weighted by atomic mass is 10.0. The van der Waals surface area contributed by atoms with Crippen LogP contribution in [0.5, 0.6) is 0 Å². The van der Waals surface area contributed by atoms with Crippen molar-refractivity contribution in [1.29, 1.82) is 0 Å². The van der Waals surface area contributed by atoms with Gasteiger partial charge in [-0.25, -0.2) is 4.79 Å². The van der Waals surface area contributed by atoms with Crippen LogP contribution in [0.25, 0.3) is 0 Å². The van der Waals surface area contributed by atoms with Crippen LogP contribution in [0.2, 0.25) is 15.1 Å². The molecule has 3 aromatic rings. The van der Waals surface area contributed by atoms with Crippen LogP contribution in [0.3, 0.4) is 0 Å². The summed E-state index contributed by atoms with van der Waals surface area (Å²) in [5, 5.41) is 8.89. The summed E-state index contributed by atoms with van der Waals surface area (Å²) in [5.74, 6) is -1.09. The van der Waals surface area contributed by atoms with E-state index in [0.29, 0.717) is 42.5 Å². The zero-order chi connectivity index (χ0) is 44.8. The van der Waals surface area contributed by atoms with Gasteiger partial charge in [-0.3, -0.25) is 19.3 Å². The van der Waals surface area contributed by atoms with E-state index in [1.165, 1.54) is 10.4 Å². The van der Waals surface area contributed by atoms with Crippen LogP contribution in [0, 0.1) is 0 Å². The second-order valence-corrected chi connectivity index (χ2v) is 24.3. The van der Waals surface area contributed by atoms with Crippen molar-refractivity contribution in [2.75, 3.05) is 19.7 Å². The summed E-state index contributed by atoms with van der Waals surface area (Å²) in [4.78, 5) is 59.1. The Bertz CT molecular complexity index is 1940. The first kappa shape index (κ1) is 48.1. The van der Waals surface area contributed by atoms with Crippen LogP contribution in [-0.2, 0) is 34.8 Å². The van der Waals surface area contributed by atoms with Crippen molar-refractivity contribution >= 4 is 65.8 Å². The summed E-state index contributed by atoms with van der Waals surface area (Å²) in [7, 11) is -2.86. The number of ether oxygens (including phenoxy) is 2. The van der Waals surface area contributed by atoms with Gasteiger partial charge in [0.25, 0.3) is 8.32 Å². The smallest absolute Gasteiger partial charge is 0.407 e. The van der Waals surface area contributed by atoms with Gasteiger partial charge in [0, 0.05) is 44.7 Å². The maximum atomic E-state index is 14.9. The summed E-state index contributed by atoms with van der Waals surface area (Å²) in [6.07, 6.45) is 0.898. The summed E-state index contributed by atoms with van der Waals surface area (Å²) >= 11 is 12.4. The van der Waals surface area contributed by atoms with E-state index in [2.05, 4.69) is 84.8 Å². The maximum Gasteiger partial charge on any atom is 0.407 e. The molecule has 0 aliphatic carbocycles. The van der Waals surface area contributed by atoms with Crippen LogP contribution >= 0.6 is 23.2 Å². The molecule has 0 aromatic heterocycles. The lowest BCUT2D eigenvalue weighted by Gasteiger charge is -2.43. The second-order valence-electron chi connectivity index (χ2n) is 19.2. The number of alkyl carbamates (subject to hydrolysis) is 1. The molecule has 0 radical (unpaired) electrons. The monoisotopic (exact) mass is 894 g/mol. The number of amides is 3. The minimum Gasteiger partial charge on any atom is -0.460 e.